The van der Waals surface area contributed by atoms with Gasteiger partial charge in [0.2, 0.25) is 21.8 Å². The number of anilines is 1. The van der Waals surface area contributed by atoms with E-state index in [4.69, 9.17) is 0 Å². The van der Waals surface area contributed by atoms with Crippen LogP contribution < -0.4 is 16.3 Å². The minimum atomic E-state index is -3.49. The summed E-state index contributed by atoms with van der Waals surface area (Å²) in [6.45, 7) is 8.53. The molecule has 2 saturated heterocycles. The number of fused-ring (bicyclic) bond motifs is 1. The van der Waals surface area contributed by atoms with Crippen LogP contribution in [0.5, 0.6) is 0 Å². The van der Waals surface area contributed by atoms with E-state index in [1.807, 2.05) is 26.0 Å². The molecule has 0 bridgehead atoms. The number of hydrogen-bond acceptors (Lipinski definition) is 5. The van der Waals surface area contributed by atoms with Crippen molar-refractivity contribution in [1.29, 1.82) is 0 Å². The zero-order chi connectivity index (χ0) is 32.8. The molecule has 10 nitrogen and oxygen atoms in total. The Balaban J connectivity index is 1.09. The molecule has 2 N–H and O–H groups in total. The van der Waals surface area contributed by atoms with E-state index in [1.165, 1.54) is 0 Å². The van der Waals surface area contributed by atoms with Crippen LogP contribution in [0.3, 0.4) is 0 Å². The van der Waals surface area contributed by atoms with E-state index in [0.717, 1.165) is 61.5 Å². The lowest BCUT2D eigenvalue weighted by Crippen LogP contribution is -2.50. The number of allylic oxidation sites excluding steroid dienone is 1. The van der Waals surface area contributed by atoms with Gasteiger partial charge in [-0.15, -0.1) is 0 Å². The van der Waals surface area contributed by atoms with Gasteiger partial charge in [0.15, 0.2) is 0 Å². The quantitative estimate of drug-likeness (QED) is 0.360. The van der Waals surface area contributed by atoms with Gasteiger partial charge < -0.3 is 10.6 Å². The van der Waals surface area contributed by atoms with Gasteiger partial charge in [-0.05, 0) is 100 Å². The van der Waals surface area contributed by atoms with Crippen molar-refractivity contribution in [3.8, 4) is 0 Å². The highest BCUT2D eigenvalue weighted by Crippen LogP contribution is 2.38. The molecule has 11 heteroatoms. The molecule has 2 aromatic carbocycles. The summed E-state index contributed by atoms with van der Waals surface area (Å²) in [4.78, 5) is 38.3. The number of nitrogens with one attached hydrogen (secondary N) is 2. The monoisotopic (exact) mass is 647 g/mol. The molecule has 46 heavy (non-hydrogen) atoms. The molecule has 0 spiro atoms. The van der Waals surface area contributed by atoms with Crippen LogP contribution in [0.15, 0.2) is 59.5 Å². The van der Waals surface area contributed by atoms with Crippen LogP contribution in [-0.2, 0) is 32.4 Å². The molecule has 3 fully saturated rings. The highest BCUT2D eigenvalue weighted by Gasteiger charge is 2.38. The highest BCUT2D eigenvalue weighted by atomic mass is 32.2. The lowest BCUT2D eigenvalue weighted by Gasteiger charge is -2.41. The van der Waals surface area contributed by atoms with Crippen molar-refractivity contribution in [2.45, 2.75) is 94.9 Å². The van der Waals surface area contributed by atoms with Gasteiger partial charge in [0.05, 0.1) is 22.8 Å². The van der Waals surface area contributed by atoms with E-state index in [-0.39, 0.29) is 46.7 Å². The maximum Gasteiger partial charge on any atom is 0.329 e. The molecule has 1 saturated carbocycles. The number of aromatic nitrogens is 2. The first kappa shape index (κ1) is 32.2. The topological polar surface area (TPSA) is 123 Å². The number of sulfonamides is 1. The molecular formula is C35H45N5O5S. The molecule has 1 atom stereocenters. The Morgan fingerprint density at radius 1 is 1.02 bits per heavy atom. The predicted molar refractivity (Wildman–Crippen MR) is 180 cm³/mol. The van der Waals surface area contributed by atoms with Crippen molar-refractivity contribution in [3.63, 3.8) is 0 Å². The zero-order valence-electron chi connectivity index (χ0n) is 27.0. The second kappa shape index (κ2) is 12.5. The molecule has 3 aliphatic rings. The summed E-state index contributed by atoms with van der Waals surface area (Å²) < 4.78 is 31.7. The molecule has 2 aliphatic heterocycles. The van der Waals surface area contributed by atoms with Gasteiger partial charge in [0.1, 0.15) is 0 Å². The number of rotatable bonds is 7. The Morgan fingerprint density at radius 3 is 2.50 bits per heavy atom. The number of amides is 2. The van der Waals surface area contributed by atoms with Crippen molar-refractivity contribution in [2.75, 3.05) is 11.9 Å². The van der Waals surface area contributed by atoms with Crippen molar-refractivity contribution in [2.24, 2.45) is 13.0 Å². The van der Waals surface area contributed by atoms with Crippen LogP contribution in [0.2, 0.25) is 0 Å². The zero-order valence-corrected chi connectivity index (χ0v) is 27.9. The van der Waals surface area contributed by atoms with E-state index >= 15 is 0 Å². The summed E-state index contributed by atoms with van der Waals surface area (Å²) in [7, 11) is -1.72. The molecule has 6 rings (SSSR count). The van der Waals surface area contributed by atoms with Crippen molar-refractivity contribution < 1.29 is 18.0 Å². The summed E-state index contributed by atoms with van der Waals surface area (Å²) in [5.74, 6) is -0.0398. The fourth-order valence-electron chi connectivity index (χ4n) is 7.70. The van der Waals surface area contributed by atoms with Crippen LogP contribution in [0.1, 0.15) is 94.7 Å². The molecule has 3 heterocycles. The van der Waals surface area contributed by atoms with Gasteiger partial charge in [-0.2, -0.15) is 4.31 Å². The maximum absolute atomic E-state index is 13.3. The van der Waals surface area contributed by atoms with Crippen LogP contribution in [0.25, 0.3) is 11.0 Å². The van der Waals surface area contributed by atoms with E-state index < -0.39 is 10.0 Å². The number of aryl methyl sites for hydroxylation is 1. The molecule has 0 radical (unpaired) electrons. The first-order valence-corrected chi connectivity index (χ1v) is 18.0. The Bertz CT molecular complexity index is 1850. The average molecular weight is 648 g/mol. The third-order valence-electron chi connectivity index (χ3n) is 10.3. The SMILES string of the molecule is C=C1NC(=O)CCC1n1c(=O)n(C)c2cc([C@H]3CC[C@@H](C(=O)Nc4cccc(CS(=O)(=O)N5CCCCC5(C)C)c4)CC3)ccc21. The van der Waals surface area contributed by atoms with Crippen LogP contribution >= 0.6 is 0 Å². The number of nitrogens with zero attached hydrogens (tertiary/aromatic N) is 3. The van der Waals surface area contributed by atoms with Gasteiger partial charge >= 0.3 is 5.69 Å². The van der Waals surface area contributed by atoms with Gasteiger partial charge in [0, 0.05) is 42.9 Å². The largest absolute Gasteiger partial charge is 0.329 e. The summed E-state index contributed by atoms with van der Waals surface area (Å²) in [5.41, 5.74) is 4.13. The summed E-state index contributed by atoms with van der Waals surface area (Å²) in [5, 5.41) is 5.83. The molecular weight excluding hydrogens is 602 g/mol. The van der Waals surface area contributed by atoms with Crippen LogP contribution in [-0.4, -0.2) is 45.8 Å². The number of benzene rings is 2. The lowest BCUT2D eigenvalue weighted by molar-refractivity contribution is -0.122. The number of imidazole rings is 1. The summed E-state index contributed by atoms with van der Waals surface area (Å²) in [6, 6.07) is 13.1. The lowest BCUT2D eigenvalue weighted by atomic mass is 9.78. The molecule has 246 valence electrons. The number of carbonyl (C=O) groups excluding carboxylic acids is 2. The minimum Gasteiger partial charge on any atom is -0.328 e. The normalized spacial score (nSPS) is 24.1. The van der Waals surface area contributed by atoms with Crippen molar-refractivity contribution in [1.82, 2.24) is 18.8 Å². The maximum atomic E-state index is 13.3. The highest BCUT2D eigenvalue weighted by molar-refractivity contribution is 7.88. The van der Waals surface area contributed by atoms with Gasteiger partial charge in [-0.25, -0.2) is 13.2 Å². The third kappa shape index (κ3) is 6.31. The van der Waals surface area contributed by atoms with Gasteiger partial charge in [0.25, 0.3) is 0 Å². The van der Waals surface area contributed by atoms with E-state index in [2.05, 4.69) is 29.3 Å². The Kier molecular flexibility index (Phi) is 8.75. The van der Waals surface area contributed by atoms with E-state index in [1.54, 1.807) is 38.7 Å². The number of carbonyl (C=O) groups is 2. The van der Waals surface area contributed by atoms with Crippen molar-refractivity contribution in [3.05, 3.63) is 76.4 Å². The Morgan fingerprint density at radius 2 is 1.78 bits per heavy atom. The fraction of sp³-hybridized carbons (Fsp3) is 0.514. The van der Waals surface area contributed by atoms with Gasteiger partial charge in [-0.1, -0.05) is 31.2 Å². The van der Waals surface area contributed by atoms with E-state index in [0.29, 0.717) is 36.3 Å². The minimum absolute atomic E-state index is 0.0367. The molecule has 1 aromatic heterocycles. The Labute approximate surface area is 270 Å². The summed E-state index contributed by atoms with van der Waals surface area (Å²) >= 11 is 0. The average Bonchev–Trinajstić information content (AvgIpc) is 3.25. The van der Waals surface area contributed by atoms with Crippen LogP contribution in [0.4, 0.5) is 5.69 Å². The molecule has 1 unspecified atom stereocenters. The molecule has 1 aliphatic carbocycles. The predicted octanol–water partition coefficient (Wildman–Crippen LogP) is 5.31. The van der Waals surface area contributed by atoms with Gasteiger partial charge in [-0.3, -0.25) is 18.7 Å². The standard InChI is InChI=1S/C35H45N5O5S/c1-23-29(16-17-32(41)36-23)40-30-15-14-27(21-31(30)38(4)34(40)43)25-10-12-26(13-11-25)33(42)37-28-9-7-8-24(20-28)22-46(44,45)39-19-6-5-18-35(39,2)3/h7-9,14-15,20-21,25-26,29H,1,5-6,10-13,16-19,22H2,2-4H3,(H,36,41)(H,37,42)/t25-,26+,29?. The fourth-order valence-corrected chi connectivity index (χ4v) is 9.71. The Hall–Kier alpha value is -3.70. The van der Waals surface area contributed by atoms with Crippen molar-refractivity contribution >= 4 is 38.6 Å². The smallest absolute Gasteiger partial charge is 0.328 e. The number of piperidine rings is 2. The second-order valence-corrected chi connectivity index (χ2v) is 15.8. The second-order valence-electron chi connectivity index (χ2n) is 13.9. The molecule has 2 amide bonds. The summed E-state index contributed by atoms with van der Waals surface area (Å²) in [6.07, 6.45) is 6.85. The molecule has 3 aromatic rings. The third-order valence-corrected chi connectivity index (χ3v) is 12.3. The van der Waals surface area contributed by atoms with Crippen LogP contribution in [0, 0.1) is 5.92 Å². The van der Waals surface area contributed by atoms with E-state index in [9.17, 15) is 22.8 Å². The first-order chi connectivity index (χ1) is 21.8. The number of hydrogen-bond donors (Lipinski definition) is 2. The first-order valence-electron chi connectivity index (χ1n) is 16.4.